The Morgan fingerprint density at radius 2 is 1.60 bits per heavy atom. The number of carbonyl (C=O) groups is 1. The summed E-state index contributed by atoms with van der Waals surface area (Å²) in [4.78, 5) is 11.9. The lowest BCUT2D eigenvalue weighted by molar-refractivity contribution is -0.0792. The predicted molar refractivity (Wildman–Crippen MR) is 71.9 cm³/mol. The standard InChI is InChI=1S/C16H14F2O2/c1-11-7-9-13(10-8-11)15(20)16(17,18)14(19)12-5-3-2-4-6-12/h2-10,14,19H,1H3. The molecule has 20 heavy (non-hydrogen) atoms. The Balaban J connectivity index is 2.29. The fourth-order valence-electron chi connectivity index (χ4n) is 1.87. The van der Waals surface area contributed by atoms with E-state index in [1.165, 1.54) is 36.4 Å². The molecule has 2 aromatic rings. The molecule has 4 heteroatoms. The van der Waals surface area contributed by atoms with E-state index in [-0.39, 0.29) is 11.1 Å². The van der Waals surface area contributed by atoms with Gasteiger partial charge < -0.3 is 5.11 Å². The molecule has 2 rings (SSSR count). The average Bonchev–Trinajstić information content (AvgIpc) is 2.47. The van der Waals surface area contributed by atoms with Gasteiger partial charge in [0.25, 0.3) is 0 Å². The number of ketones is 1. The van der Waals surface area contributed by atoms with Crippen LogP contribution in [0.3, 0.4) is 0 Å². The maximum Gasteiger partial charge on any atom is 0.339 e. The molecule has 0 saturated heterocycles. The Morgan fingerprint density at radius 1 is 1.05 bits per heavy atom. The number of alkyl halides is 2. The highest BCUT2D eigenvalue weighted by Crippen LogP contribution is 2.34. The second-order valence-corrected chi connectivity index (χ2v) is 4.63. The zero-order chi connectivity index (χ0) is 14.8. The van der Waals surface area contributed by atoms with Crippen molar-refractivity contribution in [2.45, 2.75) is 19.0 Å². The topological polar surface area (TPSA) is 37.3 Å². The van der Waals surface area contributed by atoms with Crippen LogP contribution in [-0.4, -0.2) is 16.8 Å². The highest BCUT2D eigenvalue weighted by atomic mass is 19.3. The number of halogens is 2. The molecule has 0 aliphatic heterocycles. The van der Waals surface area contributed by atoms with E-state index in [4.69, 9.17) is 0 Å². The number of Topliss-reactive ketones (excluding diaryl/α,β-unsaturated/α-hetero) is 1. The van der Waals surface area contributed by atoms with Crippen LogP contribution in [0.15, 0.2) is 54.6 Å². The van der Waals surface area contributed by atoms with E-state index in [0.717, 1.165) is 5.56 Å². The van der Waals surface area contributed by atoms with Gasteiger partial charge in [-0.25, -0.2) is 0 Å². The summed E-state index contributed by atoms with van der Waals surface area (Å²) in [6, 6.07) is 13.3. The van der Waals surface area contributed by atoms with Crippen LogP contribution < -0.4 is 0 Å². The van der Waals surface area contributed by atoms with Crippen molar-refractivity contribution in [2.75, 3.05) is 0 Å². The van der Waals surface area contributed by atoms with Crippen LogP contribution in [0.2, 0.25) is 0 Å². The van der Waals surface area contributed by atoms with Gasteiger partial charge in [0, 0.05) is 5.56 Å². The Hall–Kier alpha value is -2.07. The SMILES string of the molecule is Cc1ccc(C(=O)C(F)(F)C(O)c2ccccc2)cc1. The van der Waals surface area contributed by atoms with Crippen molar-refractivity contribution in [1.29, 1.82) is 0 Å². The summed E-state index contributed by atoms with van der Waals surface area (Å²) in [5.74, 6) is -5.25. The van der Waals surface area contributed by atoms with E-state index in [1.807, 2.05) is 0 Å². The van der Waals surface area contributed by atoms with Gasteiger partial charge >= 0.3 is 5.92 Å². The number of hydrogen-bond acceptors (Lipinski definition) is 2. The molecular weight excluding hydrogens is 262 g/mol. The first-order valence-corrected chi connectivity index (χ1v) is 6.15. The van der Waals surface area contributed by atoms with Crippen LogP contribution in [-0.2, 0) is 0 Å². The minimum atomic E-state index is -3.86. The summed E-state index contributed by atoms with van der Waals surface area (Å²) in [6.45, 7) is 1.80. The van der Waals surface area contributed by atoms with Gasteiger partial charge in [-0.2, -0.15) is 8.78 Å². The Morgan fingerprint density at radius 3 is 2.15 bits per heavy atom. The van der Waals surface area contributed by atoms with Crippen LogP contribution in [0, 0.1) is 6.92 Å². The lowest BCUT2D eigenvalue weighted by atomic mass is 9.96. The molecule has 2 nitrogen and oxygen atoms in total. The predicted octanol–water partition coefficient (Wildman–Crippen LogP) is 3.55. The zero-order valence-corrected chi connectivity index (χ0v) is 10.9. The Labute approximate surface area is 115 Å². The maximum absolute atomic E-state index is 14.1. The molecule has 0 saturated carbocycles. The minimum absolute atomic E-state index is 0.0120. The van der Waals surface area contributed by atoms with Crippen LogP contribution in [0.5, 0.6) is 0 Å². The van der Waals surface area contributed by atoms with E-state index in [0.29, 0.717) is 0 Å². The van der Waals surface area contributed by atoms with Crippen molar-refractivity contribution in [3.63, 3.8) is 0 Å². The van der Waals surface area contributed by atoms with Crippen molar-refractivity contribution in [3.8, 4) is 0 Å². The zero-order valence-electron chi connectivity index (χ0n) is 10.9. The maximum atomic E-state index is 14.1. The second-order valence-electron chi connectivity index (χ2n) is 4.63. The number of carbonyl (C=O) groups excluding carboxylic acids is 1. The molecule has 1 unspecified atom stereocenters. The van der Waals surface area contributed by atoms with E-state index < -0.39 is 17.8 Å². The number of aliphatic hydroxyl groups is 1. The first kappa shape index (κ1) is 14.3. The van der Waals surface area contributed by atoms with Gasteiger partial charge in [0.1, 0.15) is 0 Å². The lowest BCUT2D eigenvalue weighted by Gasteiger charge is -2.21. The molecule has 0 bridgehead atoms. The van der Waals surface area contributed by atoms with Crippen LogP contribution in [0.4, 0.5) is 8.78 Å². The number of aliphatic hydroxyl groups excluding tert-OH is 1. The normalized spacial score (nSPS) is 13.0. The number of aryl methyl sites for hydroxylation is 1. The van der Waals surface area contributed by atoms with E-state index in [2.05, 4.69) is 0 Å². The third-order valence-corrected chi connectivity index (χ3v) is 3.08. The molecule has 0 amide bonds. The first-order chi connectivity index (χ1) is 9.43. The summed E-state index contributed by atoms with van der Waals surface area (Å²) in [6.07, 6.45) is -2.16. The van der Waals surface area contributed by atoms with Gasteiger partial charge in [-0.3, -0.25) is 4.79 Å². The van der Waals surface area contributed by atoms with Gasteiger partial charge in [0.2, 0.25) is 5.78 Å². The Bertz CT molecular complexity index is 592. The van der Waals surface area contributed by atoms with Crippen LogP contribution in [0.1, 0.15) is 27.6 Å². The third-order valence-electron chi connectivity index (χ3n) is 3.08. The first-order valence-electron chi connectivity index (χ1n) is 6.15. The van der Waals surface area contributed by atoms with Gasteiger partial charge in [-0.1, -0.05) is 60.2 Å². The number of hydrogen-bond donors (Lipinski definition) is 1. The van der Waals surface area contributed by atoms with Gasteiger partial charge in [-0.05, 0) is 12.5 Å². The summed E-state index contributed by atoms with van der Waals surface area (Å²) in [7, 11) is 0. The van der Waals surface area contributed by atoms with Crippen LogP contribution >= 0.6 is 0 Å². The molecule has 0 spiro atoms. The molecular formula is C16H14F2O2. The summed E-state index contributed by atoms with van der Waals surface area (Å²) in [5, 5.41) is 9.76. The molecule has 2 aromatic carbocycles. The molecule has 0 heterocycles. The lowest BCUT2D eigenvalue weighted by Crippen LogP contribution is -2.35. The van der Waals surface area contributed by atoms with Crippen molar-refractivity contribution < 1.29 is 18.7 Å². The smallest absolute Gasteiger partial charge is 0.339 e. The van der Waals surface area contributed by atoms with Crippen molar-refractivity contribution in [2.24, 2.45) is 0 Å². The molecule has 0 fully saturated rings. The summed E-state index contributed by atoms with van der Waals surface area (Å²) >= 11 is 0. The molecule has 0 aliphatic rings. The second kappa shape index (κ2) is 5.51. The minimum Gasteiger partial charge on any atom is -0.382 e. The van der Waals surface area contributed by atoms with Gasteiger partial charge in [-0.15, -0.1) is 0 Å². The van der Waals surface area contributed by atoms with Crippen molar-refractivity contribution in [3.05, 3.63) is 71.3 Å². The summed E-state index contributed by atoms with van der Waals surface area (Å²) in [5.41, 5.74) is 0.766. The highest BCUT2D eigenvalue weighted by Gasteiger charge is 2.47. The molecule has 0 aromatic heterocycles. The number of benzene rings is 2. The molecule has 0 aliphatic carbocycles. The Kier molecular flexibility index (Phi) is 3.95. The van der Waals surface area contributed by atoms with Gasteiger partial charge in [0.05, 0.1) is 0 Å². The van der Waals surface area contributed by atoms with E-state index >= 15 is 0 Å². The fourth-order valence-corrected chi connectivity index (χ4v) is 1.87. The van der Waals surface area contributed by atoms with Crippen LogP contribution in [0.25, 0.3) is 0 Å². The molecule has 104 valence electrons. The highest BCUT2D eigenvalue weighted by molar-refractivity contribution is 6.01. The molecule has 0 radical (unpaired) electrons. The number of rotatable bonds is 4. The monoisotopic (exact) mass is 276 g/mol. The largest absolute Gasteiger partial charge is 0.382 e. The van der Waals surface area contributed by atoms with Gasteiger partial charge in [0.15, 0.2) is 6.10 Å². The third kappa shape index (κ3) is 2.75. The fraction of sp³-hybridized carbons (Fsp3) is 0.188. The van der Waals surface area contributed by atoms with Crippen molar-refractivity contribution >= 4 is 5.78 Å². The quantitative estimate of drug-likeness (QED) is 0.867. The van der Waals surface area contributed by atoms with Crippen molar-refractivity contribution in [1.82, 2.24) is 0 Å². The van der Waals surface area contributed by atoms with E-state index in [1.54, 1.807) is 25.1 Å². The average molecular weight is 276 g/mol. The molecule has 1 atom stereocenters. The summed E-state index contributed by atoms with van der Waals surface area (Å²) < 4.78 is 28.2. The van der Waals surface area contributed by atoms with E-state index in [9.17, 15) is 18.7 Å². The molecule has 1 N–H and O–H groups in total.